The van der Waals surface area contributed by atoms with Gasteiger partial charge in [-0.25, -0.2) is 0 Å². The maximum atomic E-state index is 11.5. The van der Waals surface area contributed by atoms with E-state index < -0.39 is 0 Å². The van der Waals surface area contributed by atoms with Crippen LogP contribution in [0, 0.1) is 0 Å². The zero-order valence-electron chi connectivity index (χ0n) is 7.79. The minimum atomic E-state index is -0.194. The van der Waals surface area contributed by atoms with Crippen molar-refractivity contribution >= 4 is 21.8 Å². The molecule has 1 heterocycles. The third kappa shape index (κ3) is 3.16. The minimum Gasteiger partial charge on any atom is -0.457 e. The van der Waals surface area contributed by atoms with Crippen LogP contribution in [0.4, 0.5) is 0 Å². The molecule has 0 aliphatic rings. The lowest BCUT2D eigenvalue weighted by atomic mass is 10.2. The lowest BCUT2D eigenvalue weighted by Crippen LogP contribution is -2.32. The highest BCUT2D eigenvalue weighted by molar-refractivity contribution is 9.10. The van der Waals surface area contributed by atoms with Crippen molar-refractivity contribution in [3.05, 3.63) is 22.6 Å². The van der Waals surface area contributed by atoms with Crippen LogP contribution in [0.1, 0.15) is 23.7 Å². The van der Waals surface area contributed by atoms with E-state index in [1.54, 1.807) is 6.07 Å². The maximum Gasteiger partial charge on any atom is 0.254 e. The molecule has 0 saturated carbocycles. The number of carbonyl (C=O) groups excluding carboxylic acids is 1. The molecule has 0 aliphatic heterocycles. The number of halogens is 1. The number of furan rings is 1. The quantitative estimate of drug-likeness (QED) is 0.865. The van der Waals surface area contributed by atoms with E-state index in [-0.39, 0.29) is 18.6 Å². The third-order valence-electron chi connectivity index (χ3n) is 1.77. The van der Waals surface area contributed by atoms with Crippen LogP contribution in [-0.4, -0.2) is 23.7 Å². The third-order valence-corrected chi connectivity index (χ3v) is 2.19. The van der Waals surface area contributed by atoms with Gasteiger partial charge in [-0.2, -0.15) is 0 Å². The van der Waals surface area contributed by atoms with E-state index in [1.807, 2.05) is 6.92 Å². The Morgan fingerprint density at radius 2 is 2.50 bits per heavy atom. The van der Waals surface area contributed by atoms with E-state index in [1.165, 1.54) is 6.26 Å². The lowest BCUT2D eigenvalue weighted by molar-refractivity contribution is 0.0934. The summed E-state index contributed by atoms with van der Waals surface area (Å²) in [5, 5.41) is 11.4. The van der Waals surface area contributed by atoms with Crippen LogP contribution in [0.3, 0.4) is 0 Å². The van der Waals surface area contributed by atoms with Crippen molar-refractivity contribution in [2.45, 2.75) is 19.4 Å². The van der Waals surface area contributed by atoms with Gasteiger partial charge in [0, 0.05) is 18.7 Å². The summed E-state index contributed by atoms with van der Waals surface area (Å²) in [7, 11) is 0. The largest absolute Gasteiger partial charge is 0.457 e. The number of aliphatic hydroxyl groups is 1. The smallest absolute Gasteiger partial charge is 0.254 e. The second-order valence-electron chi connectivity index (χ2n) is 3.03. The Hall–Kier alpha value is -0.810. The molecule has 0 saturated heterocycles. The molecule has 0 spiro atoms. The fourth-order valence-electron chi connectivity index (χ4n) is 1.00. The Morgan fingerprint density at radius 3 is 3.00 bits per heavy atom. The van der Waals surface area contributed by atoms with Gasteiger partial charge in [-0.3, -0.25) is 4.79 Å². The first-order valence-corrected chi connectivity index (χ1v) is 5.08. The number of amides is 1. The van der Waals surface area contributed by atoms with Gasteiger partial charge in [0.25, 0.3) is 5.91 Å². The van der Waals surface area contributed by atoms with Crippen LogP contribution in [0.15, 0.2) is 21.4 Å². The number of nitrogens with one attached hydrogen (secondary N) is 1. The number of hydrogen-bond acceptors (Lipinski definition) is 3. The molecule has 0 aliphatic carbocycles. The molecule has 1 atom stereocenters. The van der Waals surface area contributed by atoms with Crippen molar-refractivity contribution in [1.82, 2.24) is 5.32 Å². The number of aliphatic hydroxyl groups excluding tert-OH is 1. The Morgan fingerprint density at radius 1 is 1.79 bits per heavy atom. The van der Waals surface area contributed by atoms with Crippen molar-refractivity contribution in [2.75, 3.05) is 6.61 Å². The van der Waals surface area contributed by atoms with Gasteiger partial charge in [0.15, 0.2) is 4.67 Å². The van der Waals surface area contributed by atoms with Gasteiger partial charge in [0.05, 0.1) is 5.56 Å². The van der Waals surface area contributed by atoms with Gasteiger partial charge in [-0.15, -0.1) is 0 Å². The Balaban J connectivity index is 2.50. The topological polar surface area (TPSA) is 62.5 Å². The minimum absolute atomic E-state index is 0.0406. The van der Waals surface area contributed by atoms with E-state index in [9.17, 15) is 4.79 Å². The molecule has 1 aromatic rings. The molecule has 1 amide bonds. The fraction of sp³-hybridized carbons (Fsp3) is 0.444. The van der Waals surface area contributed by atoms with Crippen LogP contribution in [0.25, 0.3) is 0 Å². The molecule has 0 radical (unpaired) electrons. The first-order valence-electron chi connectivity index (χ1n) is 4.29. The van der Waals surface area contributed by atoms with Crippen molar-refractivity contribution in [3.63, 3.8) is 0 Å². The zero-order chi connectivity index (χ0) is 10.6. The van der Waals surface area contributed by atoms with Crippen LogP contribution in [0.2, 0.25) is 0 Å². The van der Waals surface area contributed by atoms with Crippen molar-refractivity contribution in [1.29, 1.82) is 0 Å². The molecular weight excluding hydrogens is 250 g/mol. The van der Waals surface area contributed by atoms with Crippen molar-refractivity contribution < 1.29 is 14.3 Å². The van der Waals surface area contributed by atoms with Gasteiger partial charge < -0.3 is 14.8 Å². The molecule has 1 rings (SSSR count). The first-order chi connectivity index (χ1) is 6.63. The lowest BCUT2D eigenvalue weighted by Gasteiger charge is -2.10. The predicted octanol–water partition coefficient (Wildman–Crippen LogP) is 1.54. The van der Waals surface area contributed by atoms with Crippen LogP contribution < -0.4 is 5.32 Å². The summed E-state index contributed by atoms with van der Waals surface area (Å²) in [5.41, 5.74) is 0.474. The average Bonchev–Trinajstić information content (AvgIpc) is 2.52. The van der Waals surface area contributed by atoms with E-state index in [0.717, 1.165) is 0 Å². The van der Waals surface area contributed by atoms with Crippen LogP contribution in [-0.2, 0) is 0 Å². The molecule has 5 heteroatoms. The second kappa shape index (κ2) is 5.17. The normalized spacial score (nSPS) is 12.5. The summed E-state index contributed by atoms with van der Waals surface area (Å²) in [6.07, 6.45) is 1.93. The van der Waals surface area contributed by atoms with E-state index in [4.69, 9.17) is 9.52 Å². The highest BCUT2D eigenvalue weighted by Crippen LogP contribution is 2.13. The SMILES string of the molecule is C[C@H](CCO)NC(=O)c1coc(Br)c1. The molecule has 78 valence electrons. The number of rotatable bonds is 4. The second-order valence-corrected chi connectivity index (χ2v) is 3.81. The summed E-state index contributed by atoms with van der Waals surface area (Å²) < 4.78 is 5.46. The predicted molar refractivity (Wildman–Crippen MR) is 55.0 cm³/mol. The van der Waals surface area contributed by atoms with E-state index >= 15 is 0 Å². The van der Waals surface area contributed by atoms with Crippen molar-refractivity contribution in [2.24, 2.45) is 0 Å². The molecule has 1 aromatic heterocycles. The maximum absolute atomic E-state index is 11.5. The number of carbonyl (C=O) groups is 1. The molecule has 0 bridgehead atoms. The fourth-order valence-corrected chi connectivity index (χ4v) is 1.34. The molecule has 4 nitrogen and oxygen atoms in total. The molecule has 14 heavy (non-hydrogen) atoms. The van der Waals surface area contributed by atoms with Gasteiger partial charge in [0.2, 0.25) is 0 Å². The summed E-state index contributed by atoms with van der Waals surface area (Å²) in [6.45, 7) is 1.90. The standard InChI is InChI=1S/C9H12BrNO3/c1-6(2-3-12)11-9(13)7-4-8(10)14-5-7/h4-6,12H,2-3H2,1H3,(H,11,13)/t6-/m1/s1. The molecule has 0 aromatic carbocycles. The highest BCUT2D eigenvalue weighted by atomic mass is 79.9. The summed E-state index contributed by atoms with van der Waals surface area (Å²) in [4.78, 5) is 11.5. The Kier molecular flexibility index (Phi) is 4.16. The molecule has 0 unspecified atom stereocenters. The van der Waals surface area contributed by atoms with E-state index in [0.29, 0.717) is 16.7 Å². The zero-order valence-corrected chi connectivity index (χ0v) is 9.37. The van der Waals surface area contributed by atoms with Gasteiger partial charge in [0.1, 0.15) is 6.26 Å². The summed E-state index contributed by atoms with van der Waals surface area (Å²) in [5.74, 6) is -0.194. The summed E-state index contributed by atoms with van der Waals surface area (Å²) in [6, 6.07) is 1.56. The van der Waals surface area contributed by atoms with Crippen molar-refractivity contribution in [3.8, 4) is 0 Å². The van der Waals surface area contributed by atoms with Crippen LogP contribution >= 0.6 is 15.9 Å². The van der Waals surface area contributed by atoms with Crippen LogP contribution in [0.5, 0.6) is 0 Å². The summed E-state index contributed by atoms with van der Waals surface area (Å²) >= 11 is 3.11. The van der Waals surface area contributed by atoms with Gasteiger partial charge >= 0.3 is 0 Å². The monoisotopic (exact) mass is 261 g/mol. The average molecular weight is 262 g/mol. The Bertz CT molecular complexity index is 311. The highest BCUT2D eigenvalue weighted by Gasteiger charge is 2.11. The van der Waals surface area contributed by atoms with Gasteiger partial charge in [-0.1, -0.05) is 0 Å². The first kappa shape index (κ1) is 11.3. The molecule has 0 fully saturated rings. The number of hydrogen-bond donors (Lipinski definition) is 2. The molecular formula is C9H12BrNO3. The van der Waals surface area contributed by atoms with Gasteiger partial charge in [-0.05, 0) is 29.3 Å². The van der Waals surface area contributed by atoms with E-state index in [2.05, 4.69) is 21.2 Å². The molecule has 2 N–H and O–H groups in total. The Labute approximate surface area is 90.4 Å².